The summed E-state index contributed by atoms with van der Waals surface area (Å²) in [5.41, 5.74) is 9.47. The first-order valence-electron chi connectivity index (χ1n) is 16.0. The molecule has 0 fully saturated rings. The Labute approximate surface area is 286 Å². The fraction of sp³-hybridized carbons (Fsp3) is 0.0233. The zero-order valence-corrected chi connectivity index (χ0v) is 27.0. The third kappa shape index (κ3) is 7.19. The predicted octanol–water partition coefficient (Wildman–Crippen LogP) is 10.3. The van der Waals surface area contributed by atoms with Gasteiger partial charge in [0.05, 0.1) is 11.4 Å². The molecule has 6 heteroatoms. The van der Waals surface area contributed by atoms with Crippen LogP contribution < -0.4 is 0 Å². The van der Waals surface area contributed by atoms with E-state index < -0.39 is 0 Å². The third-order valence-corrected chi connectivity index (χ3v) is 8.00. The topological polar surface area (TPSA) is 76.8 Å². The minimum atomic E-state index is 0.613. The smallest absolute Gasteiger partial charge is 0.164 e. The van der Waals surface area contributed by atoms with E-state index in [2.05, 4.69) is 60.2 Å². The van der Waals surface area contributed by atoms with Gasteiger partial charge >= 0.3 is 0 Å². The molecule has 0 atom stereocenters. The Hall–Kier alpha value is -6.66. The van der Waals surface area contributed by atoms with Crippen LogP contribution in [0.25, 0.3) is 73.4 Å². The van der Waals surface area contributed by atoms with Gasteiger partial charge < -0.3 is 0 Å². The van der Waals surface area contributed by atoms with Gasteiger partial charge in [0.2, 0.25) is 0 Å². The van der Waals surface area contributed by atoms with Crippen LogP contribution in [-0.4, -0.2) is 31.6 Å². The van der Waals surface area contributed by atoms with E-state index >= 15 is 0 Å². The lowest BCUT2D eigenvalue weighted by molar-refractivity contribution is 1.07. The molecule has 0 aliphatic carbocycles. The van der Waals surface area contributed by atoms with Crippen LogP contribution in [0.4, 0.5) is 0 Å². The van der Waals surface area contributed by atoms with E-state index in [-0.39, 0.29) is 0 Å². The van der Waals surface area contributed by atoms with E-state index in [0.717, 1.165) is 55.9 Å². The van der Waals surface area contributed by atoms with Crippen molar-refractivity contribution < 1.29 is 0 Å². The second-order valence-corrected chi connectivity index (χ2v) is 11.4. The maximum absolute atomic E-state index is 5.00. The highest BCUT2D eigenvalue weighted by Crippen LogP contribution is 2.32. The highest BCUT2D eigenvalue weighted by molar-refractivity contribution is 5.78. The summed E-state index contributed by atoms with van der Waals surface area (Å²) in [5, 5.41) is 0. The summed E-state index contributed by atoms with van der Waals surface area (Å²) in [4.78, 5) is 28.4. The van der Waals surface area contributed by atoms with Crippen LogP contribution in [0.2, 0.25) is 0 Å². The fourth-order valence-corrected chi connectivity index (χ4v) is 5.48. The van der Waals surface area contributed by atoms with Crippen LogP contribution in [-0.2, 0) is 0 Å². The Morgan fingerprint density at radius 3 is 1.45 bits per heavy atom. The standard InChI is InChI=1S/C43H32N6/c1-30(15-14-26-44-2)40-45-38(31-16-6-3-7-17-31)29-39(46-40)36-24-12-22-34(27-36)35-23-13-25-37(28-35)43-48-41(32-18-8-4-9-19-32)47-42(49-43)33-20-10-5-11-21-33/h3-29H,2H2,1H3/b26-14-,30-15+. The van der Waals surface area contributed by atoms with Gasteiger partial charge in [-0.3, -0.25) is 4.99 Å². The molecular formula is C43H32N6. The maximum atomic E-state index is 5.00. The van der Waals surface area contributed by atoms with Gasteiger partial charge in [0.15, 0.2) is 23.3 Å². The van der Waals surface area contributed by atoms with E-state index in [1.807, 2.05) is 116 Å². The van der Waals surface area contributed by atoms with Crippen molar-refractivity contribution in [2.24, 2.45) is 4.99 Å². The molecule has 0 aliphatic heterocycles. The van der Waals surface area contributed by atoms with Gasteiger partial charge in [0, 0.05) is 34.0 Å². The molecule has 0 saturated carbocycles. The van der Waals surface area contributed by atoms with E-state index in [9.17, 15) is 0 Å². The average Bonchev–Trinajstić information content (AvgIpc) is 3.18. The Morgan fingerprint density at radius 1 is 0.469 bits per heavy atom. The molecule has 0 unspecified atom stereocenters. The van der Waals surface area contributed by atoms with Crippen molar-refractivity contribution in [2.75, 3.05) is 0 Å². The Morgan fingerprint density at radius 2 is 0.898 bits per heavy atom. The van der Waals surface area contributed by atoms with E-state index in [4.69, 9.17) is 24.9 Å². The molecule has 7 rings (SSSR count). The van der Waals surface area contributed by atoms with Gasteiger partial charge in [-0.2, -0.15) is 0 Å². The van der Waals surface area contributed by atoms with E-state index in [1.54, 1.807) is 6.20 Å². The number of hydrogen-bond acceptors (Lipinski definition) is 6. The molecule has 49 heavy (non-hydrogen) atoms. The van der Waals surface area contributed by atoms with E-state index in [0.29, 0.717) is 23.3 Å². The van der Waals surface area contributed by atoms with Crippen molar-refractivity contribution in [1.82, 2.24) is 24.9 Å². The molecule has 6 nitrogen and oxygen atoms in total. The van der Waals surface area contributed by atoms with Crippen molar-refractivity contribution >= 4 is 12.3 Å². The van der Waals surface area contributed by atoms with Crippen molar-refractivity contribution in [3.05, 3.63) is 170 Å². The Kier molecular flexibility index (Phi) is 9.10. The monoisotopic (exact) mass is 632 g/mol. The highest BCUT2D eigenvalue weighted by Gasteiger charge is 2.14. The number of rotatable bonds is 9. The summed E-state index contributed by atoms with van der Waals surface area (Å²) >= 11 is 0. The highest BCUT2D eigenvalue weighted by atomic mass is 15.0. The first-order valence-corrected chi connectivity index (χ1v) is 16.0. The summed E-state index contributed by atoms with van der Waals surface area (Å²) in [6.45, 7) is 5.52. The van der Waals surface area contributed by atoms with Gasteiger partial charge in [-0.25, -0.2) is 24.9 Å². The van der Waals surface area contributed by atoms with Crippen molar-refractivity contribution in [1.29, 1.82) is 0 Å². The summed E-state index contributed by atoms with van der Waals surface area (Å²) < 4.78 is 0. The minimum absolute atomic E-state index is 0.613. The SMILES string of the molecule is C=N/C=C\C=C(/C)c1nc(-c2ccccc2)cc(-c2cccc(-c3cccc(-c4nc(-c5ccccc5)nc(-c5ccccc5)n4)c3)c2)n1. The molecule has 2 heterocycles. The molecule has 0 spiro atoms. The lowest BCUT2D eigenvalue weighted by Gasteiger charge is -2.11. The molecule has 0 aliphatic rings. The van der Waals surface area contributed by atoms with Crippen LogP contribution >= 0.6 is 0 Å². The van der Waals surface area contributed by atoms with Gasteiger partial charge in [0.1, 0.15) is 0 Å². The molecule has 234 valence electrons. The molecule has 0 N–H and O–H groups in total. The second kappa shape index (κ2) is 14.4. The first kappa shape index (κ1) is 31.0. The summed E-state index contributed by atoms with van der Waals surface area (Å²) in [6, 6.07) is 49.0. The van der Waals surface area contributed by atoms with Crippen LogP contribution in [0.5, 0.6) is 0 Å². The van der Waals surface area contributed by atoms with Gasteiger partial charge in [-0.15, -0.1) is 0 Å². The number of allylic oxidation sites excluding steroid dienone is 3. The number of aliphatic imine (C=N–C) groups is 1. The molecule has 0 saturated heterocycles. The number of nitrogens with zero attached hydrogens (tertiary/aromatic N) is 6. The molecule has 2 aromatic heterocycles. The first-order chi connectivity index (χ1) is 24.1. The second-order valence-electron chi connectivity index (χ2n) is 11.4. The summed E-state index contributed by atoms with van der Waals surface area (Å²) in [5.74, 6) is 2.52. The fourth-order valence-electron chi connectivity index (χ4n) is 5.48. The van der Waals surface area contributed by atoms with Gasteiger partial charge in [-0.1, -0.05) is 133 Å². The normalized spacial score (nSPS) is 11.5. The van der Waals surface area contributed by atoms with Crippen molar-refractivity contribution in [3.63, 3.8) is 0 Å². The molecule has 5 aromatic carbocycles. The number of hydrogen-bond donors (Lipinski definition) is 0. The summed E-state index contributed by atoms with van der Waals surface area (Å²) in [7, 11) is 0. The average molecular weight is 633 g/mol. The Balaban J connectivity index is 1.30. The van der Waals surface area contributed by atoms with Gasteiger partial charge in [-0.05, 0) is 54.6 Å². The molecule has 0 amide bonds. The van der Waals surface area contributed by atoms with Crippen molar-refractivity contribution in [3.8, 4) is 67.8 Å². The lowest BCUT2D eigenvalue weighted by Crippen LogP contribution is -2.00. The van der Waals surface area contributed by atoms with Crippen LogP contribution in [0.15, 0.2) is 169 Å². The van der Waals surface area contributed by atoms with Crippen LogP contribution in [0, 0.1) is 0 Å². The zero-order chi connectivity index (χ0) is 33.4. The number of aromatic nitrogens is 5. The third-order valence-electron chi connectivity index (χ3n) is 8.00. The Bertz CT molecular complexity index is 2240. The molecule has 0 radical (unpaired) electrons. The molecular weight excluding hydrogens is 601 g/mol. The predicted molar refractivity (Wildman–Crippen MR) is 200 cm³/mol. The largest absolute Gasteiger partial charge is 0.273 e. The maximum Gasteiger partial charge on any atom is 0.164 e. The van der Waals surface area contributed by atoms with Crippen molar-refractivity contribution in [2.45, 2.75) is 6.92 Å². The van der Waals surface area contributed by atoms with Gasteiger partial charge in [0.25, 0.3) is 0 Å². The minimum Gasteiger partial charge on any atom is -0.273 e. The summed E-state index contributed by atoms with van der Waals surface area (Å²) in [6.07, 6.45) is 5.43. The molecule has 0 bridgehead atoms. The lowest BCUT2D eigenvalue weighted by atomic mass is 9.99. The quantitative estimate of drug-likeness (QED) is 0.117. The van der Waals surface area contributed by atoms with Crippen LogP contribution in [0.3, 0.4) is 0 Å². The molecule has 7 aromatic rings. The zero-order valence-electron chi connectivity index (χ0n) is 27.0. The number of benzene rings is 5. The van der Waals surface area contributed by atoms with Crippen LogP contribution in [0.1, 0.15) is 12.7 Å². The van der Waals surface area contributed by atoms with E-state index in [1.165, 1.54) is 0 Å².